The Morgan fingerprint density at radius 3 is 2.55 bits per heavy atom. The van der Waals surface area contributed by atoms with Gasteiger partial charge in [0.1, 0.15) is 22.5 Å². The highest BCUT2D eigenvalue weighted by Crippen LogP contribution is 2.26. The zero-order chi connectivity index (χ0) is 14.7. The minimum Gasteiger partial charge on any atom is -0.361 e. The van der Waals surface area contributed by atoms with Crippen molar-refractivity contribution in [3.63, 3.8) is 0 Å². The maximum atomic E-state index is 5.51. The molecule has 0 aliphatic heterocycles. The standard InChI is InChI=1S/C13H20N6S/c1-5-10-17-11(8(3)12(18-10)19-14)16-9(4)13-15-6-7(2)20-13/h6,9H,5,14H2,1-4H3,(H2,16,17,18,19). The van der Waals surface area contributed by atoms with Crippen LogP contribution in [0, 0.1) is 13.8 Å². The van der Waals surface area contributed by atoms with Crippen molar-refractivity contribution in [2.24, 2.45) is 5.84 Å². The fourth-order valence-corrected chi connectivity index (χ4v) is 2.62. The molecule has 0 bridgehead atoms. The van der Waals surface area contributed by atoms with E-state index in [0.717, 1.165) is 28.6 Å². The van der Waals surface area contributed by atoms with E-state index in [1.165, 1.54) is 4.88 Å². The summed E-state index contributed by atoms with van der Waals surface area (Å²) in [6.07, 6.45) is 2.64. The monoisotopic (exact) mass is 292 g/mol. The second-order valence-electron chi connectivity index (χ2n) is 4.64. The largest absolute Gasteiger partial charge is 0.361 e. The molecule has 0 aromatic carbocycles. The molecule has 0 aliphatic carbocycles. The molecule has 4 N–H and O–H groups in total. The Labute approximate surface area is 122 Å². The fraction of sp³-hybridized carbons (Fsp3) is 0.462. The Hall–Kier alpha value is -1.73. The van der Waals surface area contributed by atoms with Crippen LogP contribution in [0.3, 0.4) is 0 Å². The van der Waals surface area contributed by atoms with Gasteiger partial charge in [0.25, 0.3) is 0 Å². The van der Waals surface area contributed by atoms with E-state index in [-0.39, 0.29) is 6.04 Å². The van der Waals surface area contributed by atoms with Crippen LogP contribution in [0.4, 0.5) is 11.6 Å². The normalized spacial score (nSPS) is 12.2. The van der Waals surface area contributed by atoms with Crippen molar-refractivity contribution in [2.45, 2.75) is 40.2 Å². The van der Waals surface area contributed by atoms with Crippen molar-refractivity contribution < 1.29 is 0 Å². The van der Waals surface area contributed by atoms with Crippen LogP contribution in [0.15, 0.2) is 6.20 Å². The van der Waals surface area contributed by atoms with E-state index in [1.807, 2.05) is 20.0 Å². The molecule has 108 valence electrons. The first-order chi connectivity index (χ1) is 9.55. The highest BCUT2D eigenvalue weighted by Gasteiger charge is 2.14. The first-order valence-electron chi connectivity index (χ1n) is 6.58. The van der Waals surface area contributed by atoms with Crippen LogP contribution in [0.2, 0.25) is 0 Å². The summed E-state index contributed by atoms with van der Waals surface area (Å²) in [5.74, 6) is 7.72. The van der Waals surface area contributed by atoms with Crippen molar-refractivity contribution in [1.29, 1.82) is 0 Å². The SMILES string of the molecule is CCc1nc(NN)c(C)c(NC(C)c2ncc(C)s2)n1. The van der Waals surface area contributed by atoms with Crippen LogP contribution >= 0.6 is 11.3 Å². The van der Waals surface area contributed by atoms with Gasteiger partial charge in [0.05, 0.1) is 6.04 Å². The predicted octanol–water partition coefficient (Wildman–Crippen LogP) is 2.57. The van der Waals surface area contributed by atoms with Gasteiger partial charge in [0, 0.05) is 23.1 Å². The first-order valence-corrected chi connectivity index (χ1v) is 7.39. The quantitative estimate of drug-likeness (QED) is 0.580. The van der Waals surface area contributed by atoms with Crippen LogP contribution in [-0.2, 0) is 6.42 Å². The lowest BCUT2D eigenvalue weighted by molar-refractivity contribution is 0.841. The lowest BCUT2D eigenvalue weighted by atomic mass is 10.2. The smallest absolute Gasteiger partial charge is 0.148 e. The van der Waals surface area contributed by atoms with Gasteiger partial charge in [-0.2, -0.15) is 0 Å². The zero-order valence-electron chi connectivity index (χ0n) is 12.2. The van der Waals surface area contributed by atoms with Gasteiger partial charge in [-0.15, -0.1) is 11.3 Å². The summed E-state index contributed by atoms with van der Waals surface area (Å²) in [6.45, 7) is 8.08. The maximum absolute atomic E-state index is 5.51. The molecule has 6 nitrogen and oxygen atoms in total. The number of anilines is 2. The lowest BCUT2D eigenvalue weighted by Gasteiger charge is -2.16. The van der Waals surface area contributed by atoms with Gasteiger partial charge in [-0.1, -0.05) is 6.92 Å². The van der Waals surface area contributed by atoms with Gasteiger partial charge < -0.3 is 10.7 Å². The Kier molecular flexibility index (Phi) is 4.51. The molecule has 2 rings (SSSR count). The Bertz CT molecular complexity index is 595. The van der Waals surface area contributed by atoms with E-state index < -0.39 is 0 Å². The molecule has 2 aromatic heterocycles. The highest BCUT2D eigenvalue weighted by atomic mass is 32.1. The van der Waals surface area contributed by atoms with Crippen LogP contribution in [0.5, 0.6) is 0 Å². The molecule has 2 heterocycles. The molecular weight excluding hydrogens is 272 g/mol. The number of hydrazine groups is 1. The summed E-state index contributed by atoms with van der Waals surface area (Å²) in [7, 11) is 0. The van der Waals surface area contributed by atoms with Gasteiger partial charge in [0.2, 0.25) is 0 Å². The summed E-state index contributed by atoms with van der Waals surface area (Å²) in [6, 6.07) is 0.0950. The number of nitrogens with zero attached hydrogens (tertiary/aromatic N) is 3. The maximum Gasteiger partial charge on any atom is 0.148 e. The van der Waals surface area contributed by atoms with Gasteiger partial charge in [-0.3, -0.25) is 0 Å². The summed E-state index contributed by atoms with van der Waals surface area (Å²) >= 11 is 1.68. The fourth-order valence-electron chi connectivity index (χ4n) is 1.84. The van der Waals surface area contributed by atoms with E-state index in [0.29, 0.717) is 5.82 Å². The summed E-state index contributed by atoms with van der Waals surface area (Å²) in [5.41, 5.74) is 3.53. The number of hydrogen-bond acceptors (Lipinski definition) is 7. The molecule has 0 radical (unpaired) electrons. The first kappa shape index (κ1) is 14.7. The number of nitrogens with two attached hydrogens (primary N) is 1. The molecule has 1 atom stereocenters. The van der Waals surface area contributed by atoms with Crippen LogP contribution in [0.1, 0.15) is 41.2 Å². The van der Waals surface area contributed by atoms with Gasteiger partial charge >= 0.3 is 0 Å². The molecule has 0 saturated carbocycles. The Morgan fingerprint density at radius 1 is 1.30 bits per heavy atom. The average molecular weight is 292 g/mol. The van der Waals surface area contributed by atoms with E-state index in [9.17, 15) is 0 Å². The Morgan fingerprint density at radius 2 is 2.00 bits per heavy atom. The van der Waals surface area contributed by atoms with E-state index >= 15 is 0 Å². The summed E-state index contributed by atoms with van der Waals surface area (Å²) in [5, 5.41) is 4.43. The number of hydrogen-bond donors (Lipinski definition) is 3. The molecule has 0 spiro atoms. The lowest BCUT2D eigenvalue weighted by Crippen LogP contribution is -2.16. The zero-order valence-corrected chi connectivity index (χ0v) is 13.0. The Balaban J connectivity index is 2.28. The molecule has 2 aromatic rings. The minimum atomic E-state index is 0.0950. The molecule has 7 heteroatoms. The van der Waals surface area contributed by atoms with Gasteiger partial charge in [-0.25, -0.2) is 20.8 Å². The number of rotatable bonds is 5. The van der Waals surface area contributed by atoms with Crippen molar-refractivity contribution in [2.75, 3.05) is 10.7 Å². The molecular formula is C13H20N6S. The van der Waals surface area contributed by atoms with Crippen molar-refractivity contribution >= 4 is 23.0 Å². The van der Waals surface area contributed by atoms with Crippen molar-refractivity contribution in [3.8, 4) is 0 Å². The highest BCUT2D eigenvalue weighted by molar-refractivity contribution is 7.11. The number of nitrogen functional groups attached to an aromatic ring is 1. The third-order valence-electron chi connectivity index (χ3n) is 3.01. The van der Waals surface area contributed by atoms with E-state index in [1.54, 1.807) is 11.3 Å². The average Bonchev–Trinajstić information content (AvgIpc) is 2.87. The number of nitrogens with one attached hydrogen (secondary N) is 2. The molecule has 1 unspecified atom stereocenters. The second-order valence-corrected chi connectivity index (χ2v) is 5.90. The summed E-state index contributed by atoms with van der Waals surface area (Å²) in [4.78, 5) is 14.5. The number of thiazole rings is 1. The molecule has 0 aliphatic rings. The van der Waals surface area contributed by atoms with Crippen LogP contribution < -0.4 is 16.6 Å². The van der Waals surface area contributed by atoms with Crippen molar-refractivity contribution in [1.82, 2.24) is 15.0 Å². The number of aryl methyl sites for hydroxylation is 2. The molecule has 0 amide bonds. The third-order valence-corrected chi connectivity index (χ3v) is 4.10. The molecule has 0 saturated heterocycles. The van der Waals surface area contributed by atoms with Gasteiger partial charge in [0.15, 0.2) is 0 Å². The number of aromatic nitrogens is 3. The van der Waals surface area contributed by atoms with Gasteiger partial charge in [-0.05, 0) is 20.8 Å². The van der Waals surface area contributed by atoms with Crippen LogP contribution in [0.25, 0.3) is 0 Å². The topological polar surface area (TPSA) is 88.8 Å². The van der Waals surface area contributed by atoms with Crippen molar-refractivity contribution in [3.05, 3.63) is 27.5 Å². The second kappa shape index (κ2) is 6.15. The minimum absolute atomic E-state index is 0.0950. The summed E-state index contributed by atoms with van der Waals surface area (Å²) < 4.78 is 0. The molecule has 20 heavy (non-hydrogen) atoms. The van der Waals surface area contributed by atoms with E-state index in [2.05, 4.69) is 39.5 Å². The molecule has 0 fully saturated rings. The predicted molar refractivity (Wildman–Crippen MR) is 82.8 cm³/mol. The van der Waals surface area contributed by atoms with E-state index in [4.69, 9.17) is 5.84 Å². The van der Waals surface area contributed by atoms with Crippen LogP contribution in [-0.4, -0.2) is 15.0 Å². The third kappa shape index (κ3) is 3.05.